The Morgan fingerprint density at radius 2 is 2.28 bits per heavy atom. The molecule has 1 saturated heterocycles. The molecule has 2 fully saturated rings. The van der Waals surface area contributed by atoms with Crippen molar-refractivity contribution in [3.63, 3.8) is 0 Å². The lowest BCUT2D eigenvalue weighted by Crippen LogP contribution is -2.30. The first-order valence-electron chi connectivity index (χ1n) is 6.67. The van der Waals surface area contributed by atoms with Gasteiger partial charge >= 0.3 is 0 Å². The predicted molar refractivity (Wildman–Crippen MR) is 72.0 cm³/mol. The molecule has 0 N–H and O–H groups in total. The number of likely N-dealkylation sites (tertiary alicyclic amines) is 1. The average Bonchev–Trinajstić information content (AvgIpc) is 3.14. The summed E-state index contributed by atoms with van der Waals surface area (Å²) >= 11 is 6.03. The Balaban J connectivity index is 1.55. The molecule has 2 atom stereocenters. The first-order chi connectivity index (χ1) is 8.74. The zero-order valence-electron chi connectivity index (χ0n) is 10.7. The van der Waals surface area contributed by atoms with E-state index in [1.807, 2.05) is 12.1 Å². The number of aromatic nitrogens is 1. The summed E-state index contributed by atoms with van der Waals surface area (Å²) in [6.45, 7) is 1.91. The summed E-state index contributed by atoms with van der Waals surface area (Å²) in [5.41, 5.74) is 0. The molecule has 3 nitrogen and oxygen atoms in total. The number of rotatable bonds is 4. The van der Waals surface area contributed by atoms with Gasteiger partial charge in [0.15, 0.2) is 0 Å². The molecule has 0 aromatic carbocycles. The summed E-state index contributed by atoms with van der Waals surface area (Å²) in [6.07, 6.45) is 5.83. The Kier molecular flexibility index (Phi) is 3.44. The van der Waals surface area contributed by atoms with Gasteiger partial charge in [-0.3, -0.25) is 4.90 Å². The van der Waals surface area contributed by atoms with Crippen LogP contribution in [0.1, 0.15) is 19.3 Å². The Morgan fingerprint density at radius 1 is 1.44 bits per heavy atom. The number of likely N-dealkylation sites (N-methyl/N-ethyl adjacent to an activating group) is 1. The maximum absolute atomic E-state index is 6.03. The number of nitrogens with zero attached hydrogens (tertiary/aromatic N) is 2. The molecule has 1 saturated carbocycles. The van der Waals surface area contributed by atoms with Gasteiger partial charge in [-0.2, -0.15) is 0 Å². The van der Waals surface area contributed by atoms with Gasteiger partial charge in [-0.25, -0.2) is 4.98 Å². The summed E-state index contributed by atoms with van der Waals surface area (Å²) in [5.74, 6) is 2.42. The molecular weight excluding hydrogens is 248 g/mol. The third kappa shape index (κ3) is 2.62. The normalized spacial score (nSPS) is 28.6. The monoisotopic (exact) mass is 266 g/mol. The molecule has 1 aromatic heterocycles. The SMILES string of the molecule is CN1CC(C2CC2)CC1COc1ncccc1Cl. The molecule has 98 valence electrons. The van der Waals surface area contributed by atoms with Crippen LogP contribution >= 0.6 is 11.6 Å². The summed E-state index contributed by atoms with van der Waals surface area (Å²) in [6, 6.07) is 4.14. The number of halogens is 1. The minimum atomic E-state index is 0.508. The molecule has 1 aromatic rings. The summed E-state index contributed by atoms with van der Waals surface area (Å²) in [4.78, 5) is 6.57. The first-order valence-corrected chi connectivity index (χ1v) is 7.05. The van der Waals surface area contributed by atoms with Gasteiger partial charge < -0.3 is 4.74 Å². The second-order valence-corrected chi connectivity index (χ2v) is 5.94. The number of hydrogen-bond donors (Lipinski definition) is 0. The van der Waals surface area contributed by atoms with Crippen molar-refractivity contribution >= 4 is 11.6 Å². The Labute approximate surface area is 113 Å². The number of ether oxygens (including phenoxy) is 1. The third-order valence-corrected chi connectivity index (χ3v) is 4.43. The van der Waals surface area contributed by atoms with Crippen molar-refractivity contribution in [3.05, 3.63) is 23.4 Å². The van der Waals surface area contributed by atoms with E-state index in [0.29, 0.717) is 23.6 Å². The van der Waals surface area contributed by atoms with E-state index in [2.05, 4.69) is 16.9 Å². The first kappa shape index (κ1) is 12.2. The second kappa shape index (κ2) is 5.06. The van der Waals surface area contributed by atoms with E-state index in [1.54, 1.807) is 6.20 Å². The second-order valence-electron chi connectivity index (χ2n) is 5.53. The zero-order valence-corrected chi connectivity index (χ0v) is 11.4. The molecule has 4 heteroatoms. The van der Waals surface area contributed by atoms with Gasteiger partial charge in [0.05, 0.1) is 0 Å². The van der Waals surface area contributed by atoms with Crippen LogP contribution in [0.4, 0.5) is 0 Å². The maximum Gasteiger partial charge on any atom is 0.232 e. The molecule has 1 aliphatic heterocycles. The van der Waals surface area contributed by atoms with Crippen LogP contribution in [0.2, 0.25) is 5.02 Å². The van der Waals surface area contributed by atoms with Crippen LogP contribution in [0.5, 0.6) is 5.88 Å². The highest BCUT2D eigenvalue weighted by molar-refractivity contribution is 6.31. The van der Waals surface area contributed by atoms with Crippen molar-refractivity contribution in [1.29, 1.82) is 0 Å². The minimum absolute atomic E-state index is 0.508. The molecule has 2 heterocycles. The topological polar surface area (TPSA) is 25.4 Å². The van der Waals surface area contributed by atoms with E-state index in [1.165, 1.54) is 25.8 Å². The van der Waals surface area contributed by atoms with Crippen LogP contribution in [0.15, 0.2) is 18.3 Å². The quantitative estimate of drug-likeness (QED) is 0.838. The van der Waals surface area contributed by atoms with E-state index in [0.717, 1.165) is 11.8 Å². The van der Waals surface area contributed by atoms with E-state index in [9.17, 15) is 0 Å². The van der Waals surface area contributed by atoms with E-state index in [4.69, 9.17) is 16.3 Å². The highest BCUT2D eigenvalue weighted by atomic mass is 35.5. The molecule has 18 heavy (non-hydrogen) atoms. The van der Waals surface area contributed by atoms with Crippen molar-refractivity contribution in [2.75, 3.05) is 20.2 Å². The van der Waals surface area contributed by atoms with Crippen LogP contribution in [0.25, 0.3) is 0 Å². The fraction of sp³-hybridized carbons (Fsp3) is 0.643. The van der Waals surface area contributed by atoms with Crippen LogP contribution in [-0.2, 0) is 0 Å². The molecule has 0 bridgehead atoms. The van der Waals surface area contributed by atoms with Crippen molar-refractivity contribution in [1.82, 2.24) is 9.88 Å². The van der Waals surface area contributed by atoms with E-state index in [-0.39, 0.29) is 0 Å². The highest BCUT2D eigenvalue weighted by Crippen LogP contribution is 2.42. The summed E-state index contributed by atoms with van der Waals surface area (Å²) < 4.78 is 5.75. The van der Waals surface area contributed by atoms with Gasteiger partial charge in [-0.1, -0.05) is 11.6 Å². The standard InChI is InChI=1S/C14H19ClN2O/c1-17-8-11(10-4-5-10)7-12(17)9-18-14-13(15)3-2-6-16-14/h2-3,6,10-12H,4-5,7-9H2,1H3. The van der Waals surface area contributed by atoms with Gasteiger partial charge in [-0.05, 0) is 50.3 Å². The lowest BCUT2D eigenvalue weighted by atomic mass is 10.0. The number of pyridine rings is 1. The van der Waals surface area contributed by atoms with Crippen molar-refractivity contribution in [3.8, 4) is 5.88 Å². The predicted octanol–water partition coefficient (Wildman–Crippen LogP) is 2.84. The fourth-order valence-corrected chi connectivity index (χ4v) is 3.06. The average molecular weight is 267 g/mol. The Morgan fingerprint density at radius 3 is 3.00 bits per heavy atom. The van der Waals surface area contributed by atoms with E-state index < -0.39 is 0 Å². The van der Waals surface area contributed by atoms with Gasteiger partial charge in [0, 0.05) is 18.8 Å². The van der Waals surface area contributed by atoms with Crippen molar-refractivity contribution in [2.24, 2.45) is 11.8 Å². The van der Waals surface area contributed by atoms with Gasteiger partial charge in [0.1, 0.15) is 11.6 Å². The van der Waals surface area contributed by atoms with Gasteiger partial charge in [0.2, 0.25) is 5.88 Å². The lowest BCUT2D eigenvalue weighted by Gasteiger charge is -2.19. The molecule has 0 amide bonds. The molecule has 0 spiro atoms. The highest BCUT2D eigenvalue weighted by Gasteiger charge is 2.39. The third-order valence-electron chi connectivity index (χ3n) is 4.15. The molecule has 0 radical (unpaired) electrons. The fourth-order valence-electron chi connectivity index (χ4n) is 2.88. The zero-order chi connectivity index (χ0) is 12.5. The lowest BCUT2D eigenvalue weighted by molar-refractivity contribution is 0.193. The Bertz CT molecular complexity index is 422. The van der Waals surface area contributed by atoms with Gasteiger partial charge in [-0.15, -0.1) is 0 Å². The van der Waals surface area contributed by atoms with Crippen LogP contribution in [-0.4, -0.2) is 36.1 Å². The summed E-state index contributed by atoms with van der Waals surface area (Å²) in [7, 11) is 2.19. The molecule has 2 unspecified atom stereocenters. The minimum Gasteiger partial charge on any atom is -0.475 e. The summed E-state index contributed by atoms with van der Waals surface area (Å²) in [5, 5.41) is 0.594. The molecule has 1 aliphatic carbocycles. The molecular formula is C14H19ClN2O. The van der Waals surface area contributed by atoms with E-state index >= 15 is 0 Å². The Hall–Kier alpha value is -0.800. The van der Waals surface area contributed by atoms with Crippen molar-refractivity contribution in [2.45, 2.75) is 25.3 Å². The molecule has 3 rings (SSSR count). The largest absolute Gasteiger partial charge is 0.475 e. The van der Waals surface area contributed by atoms with Crippen LogP contribution in [0, 0.1) is 11.8 Å². The smallest absolute Gasteiger partial charge is 0.232 e. The van der Waals surface area contributed by atoms with Crippen LogP contribution < -0.4 is 4.74 Å². The van der Waals surface area contributed by atoms with Gasteiger partial charge in [0.25, 0.3) is 0 Å². The van der Waals surface area contributed by atoms with Crippen LogP contribution in [0.3, 0.4) is 0 Å². The number of hydrogen-bond acceptors (Lipinski definition) is 3. The maximum atomic E-state index is 6.03. The van der Waals surface area contributed by atoms with Crippen molar-refractivity contribution < 1.29 is 4.74 Å². The molecule has 2 aliphatic rings.